The van der Waals surface area contributed by atoms with Gasteiger partial charge >= 0.3 is 0 Å². The second kappa shape index (κ2) is 7.54. The summed E-state index contributed by atoms with van der Waals surface area (Å²) < 4.78 is 0. The van der Waals surface area contributed by atoms with E-state index in [2.05, 4.69) is 5.32 Å². The number of anilines is 1. The maximum Gasteiger partial charge on any atom is 0.179 e. The number of benzene rings is 1. The molecule has 1 unspecified atom stereocenters. The van der Waals surface area contributed by atoms with Crippen LogP contribution in [0.15, 0.2) is 18.2 Å². The molecule has 0 amide bonds. The van der Waals surface area contributed by atoms with Gasteiger partial charge in [0.1, 0.15) is 0 Å². The Morgan fingerprint density at radius 2 is 2.05 bits per heavy atom. The molecule has 1 heterocycles. The van der Waals surface area contributed by atoms with Crippen molar-refractivity contribution < 1.29 is 15.0 Å². The van der Waals surface area contributed by atoms with E-state index in [-0.39, 0.29) is 25.0 Å². The third-order valence-electron chi connectivity index (χ3n) is 4.03. The largest absolute Gasteiger partial charge is 0.395 e. The van der Waals surface area contributed by atoms with Crippen molar-refractivity contribution in [3.8, 4) is 0 Å². The number of Topliss-reactive ketones (excluding diaryl/α,β-unsaturated/α-hetero) is 1. The number of nitrogens with zero attached hydrogens (tertiary/aromatic N) is 1. The highest BCUT2D eigenvalue weighted by Crippen LogP contribution is 2.24. The normalized spacial score (nSPS) is 15.4. The van der Waals surface area contributed by atoms with E-state index in [4.69, 9.17) is 10.2 Å². The van der Waals surface area contributed by atoms with Crippen LogP contribution in [0.3, 0.4) is 0 Å². The lowest BCUT2D eigenvalue weighted by Gasteiger charge is -2.27. The highest BCUT2D eigenvalue weighted by molar-refractivity contribution is 6.00. The molecule has 1 aromatic carbocycles. The number of rotatable bonds is 7. The van der Waals surface area contributed by atoms with Crippen LogP contribution < -0.4 is 5.32 Å². The Kier molecular flexibility index (Phi) is 5.73. The Labute approximate surface area is 125 Å². The summed E-state index contributed by atoms with van der Waals surface area (Å²) in [6.07, 6.45) is 2.08. The molecule has 0 spiro atoms. The topological polar surface area (TPSA) is 72.8 Å². The summed E-state index contributed by atoms with van der Waals surface area (Å²) in [5.41, 5.74) is 3.01. The quantitative estimate of drug-likeness (QED) is 0.651. The Bertz CT molecular complexity index is 484. The number of hydrogen-bond acceptors (Lipinski definition) is 5. The Morgan fingerprint density at radius 3 is 2.71 bits per heavy atom. The molecular formula is C16H24N2O3. The van der Waals surface area contributed by atoms with E-state index < -0.39 is 0 Å². The van der Waals surface area contributed by atoms with Crippen LogP contribution in [0.4, 0.5) is 5.69 Å². The van der Waals surface area contributed by atoms with Crippen molar-refractivity contribution in [2.24, 2.45) is 0 Å². The summed E-state index contributed by atoms with van der Waals surface area (Å²) in [4.78, 5) is 14.4. The first-order valence-electron chi connectivity index (χ1n) is 7.54. The van der Waals surface area contributed by atoms with E-state index in [0.29, 0.717) is 18.7 Å². The first-order valence-corrected chi connectivity index (χ1v) is 7.54. The minimum atomic E-state index is -0.348. The number of aryl methyl sites for hydroxylation is 1. The molecule has 1 aromatic rings. The number of hydrogen-bond donors (Lipinski definition) is 3. The fraction of sp³-hybridized carbons (Fsp3) is 0.562. The van der Waals surface area contributed by atoms with Crippen LogP contribution in [0.25, 0.3) is 0 Å². The van der Waals surface area contributed by atoms with Gasteiger partial charge in [-0.25, -0.2) is 0 Å². The Morgan fingerprint density at radius 1 is 1.33 bits per heavy atom. The van der Waals surface area contributed by atoms with E-state index in [1.165, 1.54) is 5.56 Å². The van der Waals surface area contributed by atoms with Crippen LogP contribution in [0.1, 0.15) is 29.3 Å². The lowest BCUT2D eigenvalue weighted by atomic mass is 9.96. The van der Waals surface area contributed by atoms with E-state index in [1.54, 1.807) is 4.90 Å². The fourth-order valence-corrected chi connectivity index (χ4v) is 2.79. The summed E-state index contributed by atoms with van der Waals surface area (Å²) in [5, 5.41) is 21.5. The molecule has 1 atom stereocenters. The second-order valence-electron chi connectivity index (χ2n) is 5.43. The van der Waals surface area contributed by atoms with Crippen molar-refractivity contribution >= 4 is 11.5 Å². The molecule has 0 aromatic heterocycles. The molecule has 0 aliphatic carbocycles. The fourth-order valence-electron chi connectivity index (χ4n) is 2.79. The van der Waals surface area contributed by atoms with Gasteiger partial charge in [0, 0.05) is 30.9 Å². The smallest absolute Gasteiger partial charge is 0.179 e. The van der Waals surface area contributed by atoms with Crippen molar-refractivity contribution in [2.75, 3.05) is 38.2 Å². The van der Waals surface area contributed by atoms with Crippen molar-refractivity contribution in [1.82, 2.24) is 4.90 Å². The van der Waals surface area contributed by atoms with Gasteiger partial charge in [0.2, 0.25) is 0 Å². The third kappa shape index (κ3) is 3.81. The van der Waals surface area contributed by atoms with Crippen LogP contribution in [0.2, 0.25) is 0 Å². The summed E-state index contributed by atoms with van der Waals surface area (Å²) in [7, 11) is 0. The average molecular weight is 292 g/mol. The zero-order valence-electron chi connectivity index (χ0n) is 12.5. The zero-order valence-corrected chi connectivity index (χ0v) is 12.5. The van der Waals surface area contributed by atoms with Gasteiger partial charge in [-0.1, -0.05) is 0 Å². The lowest BCUT2D eigenvalue weighted by molar-refractivity contribution is 0.0769. The monoisotopic (exact) mass is 292 g/mol. The molecule has 116 valence electrons. The minimum absolute atomic E-state index is 0.0221. The number of fused-ring (bicyclic) bond motifs is 1. The van der Waals surface area contributed by atoms with E-state index in [9.17, 15) is 4.79 Å². The number of aliphatic hydroxyl groups excluding tert-OH is 2. The number of carbonyl (C=O) groups is 1. The molecule has 1 aliphatic rings. The molecule has 3 N–H and O–H groups in total. The number of carbonyl (C=O) groups excluding carboxylic acids is 1. The highest BCUT2D eigenvalue weighted by atomic mass is 16.3. The molecule has 5 heteroatoms. The van der Waals surface area contributed by atoms with Crippen LogP contribution in [-0.4, -0.2) is 59.8 Å². The van der Waals surface area contributed by atoms with E-state index >= 15 is 0 Å². The van der Waals surface area contributed by atoms with E-state index in [0.717, 1.165) is 25.1 Å². The number of aliphatic hydroxyl groups is 2. The molecule has 0 fully saturated rings. The molecule has 0 saturated carbocycles. The minimum Gasteiger partial charge on any atom is -0.395 e. The predicted octanol–water partition coefficient (Wildman–Crippen LogP) is 0.902. The van der Waals surface area contributed by atoms with Gasteiger partial charge in [0.15, 0.2) is 5.78 Å². The standard InChI is InChI=1S/C16H24N2O3/c1-12(18(7-9-19)8-10-20)16(21)14-4-5-15-13(11-14)3-2-6-17-15/h4-5,11-12,17,19-20H,2-3,6-10H2,1H3. The van der Waals surface area contributed by atoms with Gasteiger partial charge in [0.05, 0.1) is 19.3 Å². The van der Waals surface area contributed by atoms with Crippen molar-refractivity contribution in [1.29, 1.82) is 0 Å². The number of nitrogens with one attached hydrogen (secondary N) is 1. The summed E-state index contributed by atoms with van der Waals surface area (Å²) in [6, 6.07) is 5.44. The summed E-state index contributed by atoms with van der Waals surface area (Å²) in [5.74, 6) is 0.0327. The molecule has 0 radical (unpaired) electrons. The van der Waals surface area contributed by atoms with Crippen LogP contribution in [0, 0.1) is 0 Å². The van der Waals surface area contributed by atoms with Crippen LogP contribution in [0.5, 0.6) is 0 Å². The molecule has 5 nitrogen and oxygen atoms in total. The molecule has 2 rings (SSSR count). The summed E-state index contributed by atoms with van der Waals surface area (Å²) >= 11 is 0. The van der Waals surface area contributed by atoms with Gasteiger partial charge in [-0.15, -0.1) is 0 Å². The van der Waals surface area contributed by atoms with E-state index in [1.807, 2.05) is 25.1 Å². The van der Waals surface area contributed by atoms with Crippen LogP contribution in [-0.2, 0) is 6.42 Å². The second-order valence-corrected chi connectivity index (χ2v) is 5.43. The van der Waals surface area contributed by atoms with Gasteiger partial charge in [-0.05, 0) is 43.5 Å². The SMILES string of the molecule is CC(C(=O)c1ccc2c(c1)CCCN2)N(CCO)CCO. The maximum absolute atomic E-state index is 12.6. The van der Waals surface area contributed by atoms with Gasteiger partial charge in [0.25, 0.3) is 0 Å². The van der Waals surface area contributed by atoms with Gasteiger partial charge in [-0.2, -0.15) is 0 Å². The summed E-state index contributed by atoms with van der Waals surface area (Å²) in [6.45, 7) is 3.54. The number of ketones is 1. The molecular weight excluding hydrogens is 268 g/mol. The van der Waals surface area contributed by atoms with Crippen molar-refractivity contribution in [3.63, 3.8) is 0 Å². The molecule has 1 aliphatic heterocycles. The Hall–Kier alpha value is -1.43. The van der Waals surface area contributed by atoms with Crippen LogP contribution >= 0.6 is 0 Å². The average Bonchev–Trinajstić information content (AvgIpc) is 2.53. The first kappa shape index (κ1) is 15.9. The molecule has 21 heavy (non-hydrogen) atoms. The maximum atomic E-state index is 12.6. The van der Waals surface area contributed by atoms with Crippen molar-refractivity contribution in [2.45, 2.75) is 25.8 Å². The highest BCUT2D eigenvalue weighted by Gasteiger charge is 2.22. The zero-order chi connectivity index (χ0) is 15.2. The first-order chi connectivity index (χ1) is 10.2. The van der Waals surface area contributed by atoms with Crippen molar-refractivity contribution in [3.05, 3.63) is 29.3 Å². The Balaban J connectivity index is 2.14. The molecule has 0 bridgehead atoms. The van der Waals surface area contributed by atoms with Gasteiger partial charge in [-0.3, -0.25) is 9.69 Å². The van der Waals surface area contributed by atoms with Gasteiger partial charge < -0.3 is 15.5 Å². The molecule has 0 saturated heterocycles. The predicted molar refractivity (Wildman–Crippen MR) is 82.8 cm³/mol. The third-order valence-corrected chi connectivity index (χ3v) is 4.03. The lowest BCUT2D eigenvalue weighted by Crippen LogP contribution is -2.42.